The van der Waals surface area contributed by atoms with Gasteiger partial charge < -0.3 is 15.2 Å². The van der Waals surface area contributed by atoms with Crippen LogP contribution in [-0.4, -0.2) is 24.7 Å². The second-order valence-corrected chi connectivity index (χ2v) is 3.38. The van der Waals surface area contributed by atoms with Gasteiger partial charge in [-0.05, 0) is 13.0 Å². The molecule has 0 saturated carbocycles. The zero-order valence-electron chi connectivity index (χ0n) is 9.17. The van der Waals surface area contributed by atoms with E-state index in [1.54, 1.807) is 6.92 Å². The van der Waals surface area contributed by atoms with Crippen LogP contribution in [0.2, 0.25) is 0 Å². The third-order valence-corrected chi connectivity index (χ3v) is 1.87. The molecule has 0 radical (unpaired) electrons. The van der Waals surface area contributed by atoms with E-state index in [0.717, 1.165) is 0 Å². The van der Waals surface area contributed by atoms with Crippen molar-refractivity contribution in [1.29, 1.82) is 0 Å². The average Bonchev–Trinajstić information content (AvgIpc) is 2.25. The van der Waals surface area contributed by atoms with E-state index >= 15 is 0 Å². The fraction of sp³-hybridized carbons (Fsp3) is 0.400. The predicted molar refractivity (Wildman–Crippen MR) is 58.8 cm³/mol. The monoisotopic (exact) mass is 226 g/mol. The Morgan fingerprint density at radius 1 is 1.56 bits per heavy atom. The first-order valence-corrected chi connectivity index (χ1v) is 4.75. The van der Waals surface area contributed by atoms with Crippen LogP contribution in [0.1, 0.15) is 6.92 Å². The molecule has 0 aliphatic rings. The molecule has 1 rings (SSSR count). The van der Waals surface area contributed by atoms with Crippen molar-refractivity contribution in [1.82, 2.24) is 0 Å². The van der Waals surface area contributed by atoms with Gasteiger partial charge >= 0.3 is 5.69 Å². The summed E-state index contributed by atoms with van der Waals surface area (Å²) in [4.78, 5) is 10.2. The normalized spacial score (nSPS) is 11.9. The van der Waals surface area contributed by atoms with Gasteiger partial charge in [0.1, 0.15) is 12.4 Å². The SMILES string of the molecule is COc1ccc([N+](=O)[O-])c(OCC(C)N)c1. The summed E-state index contributed by atoms with van der Waals surface area (Å²) >= 11 is 0. The van der Waals surface area contributed by atoms with Gasteiger partial charge in [-0.2, -0.15) is 0 Å². The summed E-state index contributed by atoms with van der Waals surface area (Å²) < 4.78 is 10.2. The van der Waals surface area contributed by atoms with Crippen molar-refractivity contribution >= 4 is 5.69 Å². The van der Waals surface area contributed by atoms with Crippen LogP contribution in [0.15, 0.2) is 18.2 Å². The Balaban J connectivity index is 2.96. The lowest BCUT2D eigenvalue weighted by Gasteiger charge is -2.10. The molecule has 0 bridgehead atoms. The Morgan fingerprint density at radius 2 is 2.25 bits per heavy atom. The molecule has 1 unspecified atom stereocenters. The number of nitro groups is 1. The number of methoxy groups -OCH3 is 1. The Morgan fingerprint density at radius 3 is 2.75 bits per heavy atom. The molecular weight excluding hydrogens is 212 g/mol. The minimum atomic E-state index is -0.504. The molecule has 0 spiro atoms. The number of nitro benzene ring substituents is 1. The lowest BCUT2D eigenvalue weighted by Crippen LogP contribution is -2.23. The first-order chi connectivity index (χ1) is 7.54. The van der Waals surface area contributed by atoms with E-state index in [0.29, 0.717) is 5.75 Å². The number of hydrogen-bond donors (Lipinski definition) is 1. The van der Waals surface area contributed by atoms with Gasteiger partial charge in [0.05, 0.1) is 12.0 Å². The summed E-state index contributed by atoms with van der Waals surface area (Å²) in [7, 11) is 1.48. The second-order valence-electron chi connectivity index (χ2n) is 3.38. The van der Waals surface area contributed by atoms with E-state index in [-0.39, 0.29) is 24.1 Å². The number of rotatable bonds is 5. The van der Waals surface area contributed by atoms with Crippen LogP contribution in [0, 0.1) is 10.1 Å². The molecule has 0 heterocycles. The molecule has 88 valence electrons. The maximum Gasteiger partial charge on any atom is 0.311 e. The standard InChI is InChI=1S/C10H14N2O4/c1-7(11)6-16-10-5-8(15-2)3-4-9(10)12(13)14/h3-5,7H,6,11H2,1-2H3. The molecule has 6 nitrogen and oxygen atoms in total. The third-order valence-electron chi connectivity index (χ3n) is 1.87. The summed E-state index contributed by atoms with van der Waals surface area (Å²) in [6.07, 6.45) is 0. The minimum absolute atomic E-state index is 0.0959. The molecule has 2 N–H and O–H groups in total. The highest BCUT2D eigenvalue weighted by atomic mass is 16.6. The van der Waals surface area contributed by atoms with Crippen LogP contribution >= 0.6 is 0 Å². The number of nitrogens with zero attached hydrogens (tertiary/aromatic N) is 1. The van der Waals surface area contributed by atoms with Gasteiger partial charge in [0.15, 0.2) is 0 Å². The van der Waals surface area contributed by atoms with Gasteiger partial charge in [-0.15, -0.1) is 0 Å². The summed E-state index contributed by atoms with van der Waals surface area (Å²) in [5.74, 6) is 0.673. The number of ether oxygens (including phenoxy) is 2. The molecule has 0 aliphatic carbocycles. The summed E-state index contributed by atoms with van der Waals surface area (Å²) in [6.45, 7) is 1.97. The van der Waals surface area contributed by atoms with Crippen LogP contribution in [0.3, 0.4) is 0 Å². The van der Waals surface area contributed by atoms with Gasteiger partial charge in [-0.3, -0.25) is 10.1 Å². The molecule has 0 fully saturated rings. The highest BCUT2D eigenvalue weighted by molar-refractivity contribution is 5.50. The Bertz CT molecular complexity index is 379. The molecular formula is C10H14N2O4. The topological polar surface area (TPSA) is 87.6 Å². The van der Waals surface area contributed by atoms with Crippen molar-refractivity contribution in [2.45, 2.75) is 13.0 Å². The van der Waals surface area contributed by atoms with Crippen molar-refractivity contribution in [2.24, 2.45) is 5.73 Å². The van der Waals surface area contributed by atoms with Crippen molar-refractivity contribution in [3.8, 4) is 11.5 Å². The number of nitrogens with two attached hydrogens (primary N) is 1. The van der Waals surface area contributed by atoms with Crippen LogP contribution < -0.4 is 15.2 Å². The summed E-state index contributed by atoms with van der Waals surface area (Å²) in [5.41, 5.74) is 5.41. The molecule has 1 aromatic rings. The Labute approximate surface area is 93.1 Å². The summed E-state index contributed by atoms with van der Waals surface area (Å²) in [6, 6.07) is 4.14. The summed E-state index contributed by atoms with van der Waals surface area (Å²) in [5, 5.41) is 10.7. The second kappa shape index (κ2) is 5.32. The highest BCUT2D eigenvalue weighted by Crippen LogP contribution is 2.30. The first kappa shape index (κ1) is 12.3. The number of benzene rings is 1. The lowest BCUT2D eigenvalue weighted by atomic mass is 10.3. The molecule has 0 saturated heterocycles. The van der Waals surface area contributed by atoms with Gasteiger partial charge in [0.2, 0.25) is 5.75 Å². The van der Waals surface area contributed by atoms with E-state index < -0.39 is 4.92 Å². The molecule has 1 aromatic carbocycles. The maximum atomic E-state index is 10.7. The fourth-order valence-electron chi connectivity index (χ4n) is 1.11. The van der Waals surface area contributed by atoms with E-state index in [1.165, 1.54) is 25.3 Å². The zero-order chi connectivity index (χ0) is 12.1. The van der Waals surface area contributed by atoms with E-state index in [2.05, 4.69) is 0 Å². The van der Waals surface area contributed by atoms with Gasteiger partial charge in [0, 0.05) is 18.2 Å². The van der Waals surface area contributed by atoms with E-state index in [9.17, 15) is 10.1 Å². The van der Waals surface area contributed by atoms with Gasteiger partial charge in [0.25, 0.3) is 0 Å². The van der Waals surface area contributed by atoms with Crippen LogP contribution in [0.5, 0.6) is 11.5 Å². The largest absolute Gasteiger partial charge is 0.497 e. The molecule has 0 aliphatic heterocycles. The van der Waals surface area contributed by atoms with Crippen molar-refractivity contribution in [3.05, 3.63) is 28.3 Å². The van der Waals surface area contributed by atoms with Crippen LogP contribution in [0.4, 0.5) is 5.69 Å². The third kappa shape index (κ3) is 3.09. The molecule has 6 heteroatoms. The molecule has 0 amide bonds. The van der Waals surface area contributed by atoms with Gasteiger partial charge in [-0.25, -0.2) is 0 Å². The van der Waals surface area contributed by atoms with Crippen LogP contribution in [-0.2, 0) is 0 Å². The van der Waals surface area contributed by atoms with Crippen molar-refractivity contribution in [2.75, 3.05) is 13.7 Å². The zero-order valence-corrected chi connectivity index (χ0v) is 9.17. The molecule has 1 atom stereocenters. The average molecular weight is 226 g/mol. The molecule has 16 heavy (non-hydrogen) atoms. The Hall–Kier alpha value is -1.82. The van der Waals surface area contributed by atoms with E-state index in [1.807, 2.05) is 0 Å². The maximum absolute atomic E-state index is 10.7. The predicted octanol–water partition coefficient (Wildman–Crippen LogP) is 1.33. The van der Waals surface area contributed by atoms with E-state index in [4.69, 9.17) is 15.2 Å². The minimum Gasteiger partial charge on any atom is -0.497 e. The quantitative estimate of drug-likeness (QED) is 0.604. The van der Waals surface area contributed by atoms with Gasteiger partial charge in [-0.1, -0.05) is 0 Å². The Kier molecular flexibility index (Phi) is 4.07. The molecule has 0 aromatic heterocycles. The van der Waals surface area contributed by atoms with Crippen molar-refractivity contribution < 1.29 is 14.4 Å². The lowest BCUT2D eigenvalue weighted by molar-refractivity contribution is -0.385. The highest BCUT2D eigenvalue weighted by Gasteiger charge is 2.16. The van der Waals surface area contributed by atoms with Crippen molar-refractivity contribution in [3.63, 3.8) is 0 Å². The van der Waals surface area contributed by atoms with Crippen LogP contribution in [0.25, 0.3) is 0 Å². The smallest absolute Gasteiger partial charge is 0.311 e. The first-order valence-electron chi connectivity index (χ1n) is 4.75. The number of hydrogen-bond acceptors (Lipinski definition) is 5. The fourth-order valence-corrected chi connectivity index (χ4v) is 1.11.